The zero-order valence-corrected chi connectivity index (χ0v) is 9.51. The van der Waals surface area contributed by atoms with Gasteiger partial charge in [0.1, 0.15) is 11.4 Å². The Bertz CT molecular complexity index is 493. The Morgan fingerprint density at radius 3 is 2.76 bits per heavy atom. The van der Waals surface area contributed by atoms with Gasteiger partial charge in [-0.25, -0.2) is 0 Å². The third-order valence-electron chi connectivity index (χ3n) is 2.28. The molecular formula is C12H13N3O2. The van der Waals surface area contributed by atoms with Crippen LogP contribution < -0.4 is 0 Å². The molecule has 0 atom stereocenters. The van der Waals surface area contributed by atoms with Gasteiger partial charge in [0.05, 0.1) is 13.0 Å². The van der Waals surface area contributed by atoms with Crippen molar-refractivity contribution < 1.29 is 9.53 Å². The van der Waals surface area contributed by atoms with Crippen LogP contribution in [0.1, 0.15) is 12.6 Å². The molecular weight excluding hydrogens is 218 g/mol. The summed E-state index contributed by atoms with van der Waals surface area (Å²) in [5, 5.41) is 10.6. The molecule has 0 aliphatic carbocycles. The largest absolute Gasteiger partial charge is 0.466 e. The van der Waals surface area contributed by atoms with Crippen LogP contribution in [0.2, 0.25) is 0 Å². The van der Waals surface area contributed by atoms with E-state index in [9.17, 15) is 4.79 Å². The molecule has 1 aromatic heterocycles. The van der Waals surface area contributed by atoms with Gasteiger partial charge in [-0.05, 0) is 6.92 Å². The van der Waals surface area contributed by atoms with Crippen LogP contribution in [0.15, 0.2) is 30.3 Å². The minimum Gasteiger partial charge on any atom is -0.466 e. The lowest BCUT2D eigenvalue weighted by Crippen LogP contribution is -2.08. The molecule has 17 heavy (non-hydrogen) atoms. The predicted octanol–water partition coefficient (Wildman–Crippen LogP) is 1.58. The lowest BCUT2D eigenvalue weighted by atomic mass is 10.1. The van der Waals surface area contributed by atoms with E-state index in [1.807, 2.05) is 30.3 Å². The monoisotopic (exact) mass is 231 g/mol. The molecule has 5 heteroatoms. The number of carbonyl (C=O) groups excluding carboxylic acids is 1. The van der Waals surface area contributed by atoms with Crippen molar-refractivity contribution in [3.63, 3.8) is 0 Å². The molecule has 1 N–H and O–H groups in total. The van der Waals surface area contributed by atoms with E-state index >= 15 is 0 Å². The second-order valence-electron chi connectivity index (χ2n) is 3.47. The lowest BCUT2D eigenvalue weighted by Gasteiger charge is -2.01. The van der Waals surface area contributed by atoms with Crippen molar-refractivity contribution in [3.05, 3.63) is 36.0 Å². The minimum absolute atomic E-state index is 0.133. The average Bonchev–Trinajstić information content (AvgIpc) is 2.78. The third-order valence-corrected chi connectivity index (χ3v) is 2.28. The zero-order valence-electron chi connectivity index (χ0n) is 9.51. The van der Waals surface area contributed by atoms with Gasteiger partial charge in [-0.1, -0.05) is 30.3 Å². The molecule has 0 radical (unpaired) electrons. The van der Waals surface area contributed by atoms with E-state index in [0.29, 0.717) is 18.0 Å². The smallest absolute Gasteiger partial charge is 0.312 e. The zero-order chi connectivity index (χ0) is 12.1. The second kappa shape index (κ2) is 5.25. The highest BCUT2D eigenvalue weighted by Gasteiger charge is 2.14. The predicted molar refractivity (Wildman–Crippen MR) is 62.2 cm³/mol. The number of carbonyl (C=O) groups is 1. The summed E-state index contributed by atoms with van der Waals surface area (Å²) in [5.41, 5.74) is 2.23. The summed E-state index contributed by atoms with van der Waals surface area (Å²) in [7, 11) is 0. The summed E-state index contributed by atoms with van der Waals surface area (Å²) >= 11 is 0. The fourth-order valence-corrected chi connectivity index (χ4v) is 1.55. The van der Waals surface area contributed by atoms with Crippen LogP contribution in [0.4, 0.5) is 0 Å². The second-order valence-corrected chi connectivity index (χ2v) is 3.47. The topological polar surface area (TPSA) is 67.9 Å². The first-order valence-electron chi connectivity index (χ1n) is 5.42. The number of H-pyrrole nitrogens is 1. The van der Waals surface area contributed by atoms with Crippen molar-refractivity contribution in [1.82, 2.24) is 15.4 Å². The van der Waals surface area contributed by atoms with E-state index in [4.69, 9.17) is 4.74 Å². The van der Waals surface area contributed by atoms with Gasteiger partial charge in [0.25, 0.3) is 0 Å². The number of ether oxygens (including phenoxy) is 1. The molecule has 0 saturated heterocycles. The molecule has 0 bridgehead atoms. The normalized spacial score (nSPS) is 10.2. The molecule has 2 rings (SSSR count). The molecule has 5 nitrogen and oxygen atoms in total. The summed E-state index contributed by atoms with van der Waals surface area (Å²) in [6.07, 6.45) is 0.133. The van der Waals surface area contributed by atoms with E-state index < -0.39 is 0 Å². The number of aromatic nitrogens is 3. The van der Waals surface area contributed by atoms with E-state index in [1.165, 1.54) is 0 Å². The van der Waals surface area contributed by atoms with E-state index in [0.717, 1.165) is 5.56 Å². The number of aromatic amines is 1. The van der Waals surface area contributed by atoms with Crippen molar-refractivity contribution in [2.75, 3.05) is 6.61 Å². The van der Waals surface area contributed by atoms with Crippen LogP contribution in [0.3, 0.4) is 0 Å². The Morgan fingerprint density at radius 2 is 2.06 bits per heavy atom. The first-order chi connectivity index (χ1) is 8.31. The maximum Gasteiger partial charge on any atom is 0.312 e. The number of hydrogen-bond donors (Lipinski definition) is 1. The van der Waals surface area contributed by atoms with Gasteiger partial charge < -0.3 is 4.74 Å². The highest BCUT2D eigenvalue weighted by atomic mass is 16.5. The Kier molecular flexibility index (Phi) is 3.49. The first-order valence-corrected chi connectivity index (χ1v) is 5.42. The van der Waals surface area contributed by atoms with Gasteiger partial charge in [-0.2, -0.15) is 15.4 Å². The fraction of sp³-hybridized carbons (Fsp3) is 0.250. The van der Waals surface area contributed by atoms with Crippen molar-refractivity contribution >= 4 is 5.97 Å². The molecule has 0 aliphatic rings. The van der Waals surface area contributed by atoms with Gasteiger partial charge in [0.2, 0.25) is 0 Å². The third kappa shape index (κ3) is 2.69. The molecule has 0 unspecified atom stereocenters. The number of nitrogens with zero attached hydrogens (tertiary/aromatic N) is 2. The molecule has 0 amide bonds. The molecule has 1 heterocycles. The summed E-state index contributed by atoms with van der Waals surface area (Å²) in [6, 6.07) is 9.60. The van der Waals surface area contributed by atoms with E-state index in [1.54, 1.807) is 6.92 Å². The molecule has 0 spiro atoms. The van der Waals surface area contributed by atoms with Crippen LogP contribution in [0, 0.1) is 0 Å². The SMILES string of the molecule is CCOC(=O)Cc1n[nH]nc1-c1ccccc1. The summed E-state index contributed by atoms with van der Waals surface area (Å²) in [5.74, 6) is -0.293. The Morgan fingerprint density at radius 1 is 1.29 bits per heavy atom. The van der Waals surface area contributed by atoms with E-state index in [-0.39, 0.29) is 12.4 Å². The average molecular weight is 231 g/mol. The van der Waals surface area contributed by atoms with Crippen molar-refractivity contribution in [2.45, 2.75) is 13.3 Å². The maximum absolute atomic E-state index is 11.4. The van der Waals surface area contributed by atoms with Crippen molar-refractivity contribution in [1.29, 1.82) is 0 Å². The van der Waals surface area contributed by atoms with Crippen LogP contribution in [0.25, 0.3) is 11.3 Å². The quantitative estimate of drug-likeness (QED) is 0.811. The van der Waals surface area contributed by atoms with Crippen LogP contribution in [0.5, 0.6) is 0 Å². The fourth-order valence-electron chi connectivity index (χ4n) is 1.55. The summed E-state index contributed by atoms with van der Waals surface area (Å²) in [4.78, 5) is 11.4. The minimum atomic E-state index is -0.293. The van der Waals surface area contributed by atoms with Gasteiger partial charge >= 0.3 is 5.97 Å². The molecule has 1 aromatic carbocycles. The number of hydrogen-bond acceptors (Lipinski definition) is 4. The highest BCUT2D eigenvalue weighted by molar-refractivity contribution is 5.75. The van der Waals surface area contributed by atoms with E-state index in [2.05, 4.69) is 15.4 Å². The Labute approximate surface area is 98.8 Å². The van der Waals surface area contributed by atoms with Crippen molar-refractivity contribution in [3.8, 4) is 11.3 Å². The van der Waals surface area contributed by atoms with Crippen LogP contribution >= 0.6 is 0 Å². The highest BCUT2D eigenvalue weighted by Crippen LogP contribution is 2.19. The molecule has 0 aliphatic heterocycles. The number of esters is 1. The molecule has 0 fully saturated rings. The summed E-state index contributed by atoms with van der Waals surface area (Å²) in [6.45, 7) is 2.15. The van der Waals surface area contributed by atoms with Gasteiger partial charge in [-0.15, -0.1) is 0 Å². The molecule has 2 aromatic rings. The van der Waals surface area contributed by atoms with Crippen LogP contribution in [-0.4, -0.2) is 28.0 Å². The van der Waals surface area contributed by atoms with Crippen LogP contribution in [-0.2, 0) is 16.0 Å². The van der Waals surface area contributed by atoms with Gasteiger partial charge in [0.15, 0.2) is 0 Å². The van der Waals surface area contributed by atoms with Gasteiger partial charge in [0, 0.05) is 5.56 Å². The lowest BCUT2D eigenvalue weighted by molar-refractivity contribution is -0.142. The first kappa shape index (κ1) is 11.3. The van der Waals surface area contributed by atoms with Gasteiger partial charge in [-0.3, -0.25) is 4.79 Å². The Hall–Kier alpha value is -2.17. The number of benzene rings is 1. The molecule has 88 valence electrons. The maximum atomic E-state index is 11.4. The summed E-state index contributed by atoms with van der Waals surface area (Å²) < 4.78 is 4.89. The van der Waals surface area contributed by atoms with Crippen molar-refractivity contribution in [2.24, 2.45) is 0 Å². The standard InChI is InChI=1S/C12H13N3O2/c1-2-17-11(16)8-10-12(14-15-13-10)9-6-4-3-5-7-9/h3-7H,2,8H2,1H3,(H,13,14,15). The number of rotatable bonds is 4. The Balaban J connectivity index is 2.20. The number of nitrogens with one attached hydrogen (secondary N) is 1. The molecule has 0 saturated carbocycles.